The first-order valence-electron chi connectivity index (χ1n) is 5.12. The number of aromatic nitrogens is 5. The molecule has 92 valence electrons. The summed E-state index contributed by atoms with van der Waals surface area (Å²) in [6, 6.07) is 2.05. The second kappa shape index (κ2) is 4.49. The van der Waals surface area contributed by atoms with Gasteiger partial charge in [0.15, 0.2) is 0 Å². The van der Waals surface area contributed by atoms with Gasteiger partial charge in [-0.3, -0.25) is 5.10 Å². The lowest BCUT2D eigenvalue weighted by Crippen LogP contribution is -1.87. The molecule has 0 aliphatic rings. The van der Waals surface area contributed by atoms with Gasteiger partial charge in [0.25, 0.3) is 0 Å². The maximum absolute atomic E-state index is 5.93. The molecule has 3 aromatic heterocycles. The van der Waals surface area contributed by atoms with Gasteiger partial charge in [0.2, 0.25) is 10.4 Å². The molecule has 3 rings (SSSR count). The minimum absolute atomic E-state index is 0.249. The average molecular weight is 298 g/mol. The van der Waals surface area contributed by atoms with Crippen LogP contribution in [0.4, 0.5) is 0 Å². The number of aromatic amines is 1. The lowest BCUT2D eigenvalue weighted by molar-refractivity contribution is 0.965. The van der Waals surface area contributed by atoms with E-state index in [0.717, 1.165) is 21.1 Å². The Morgan fingerprint density at radius 3 is 2.83 bits per heavy atom. The smallest absolute Gasteiger partial charge is 0.224 e. The summed E-state index contributed by atoms with van der Waals surface area (Å²) in [7, 11) is 0. The summed E-state index contributed by atoms with van der Waals surface area (Å²) in [5.74, 6) is 0.774. The zero-order valence-electron chi connectivity index (χ0n) is 9.56. The van der Waals surface area contributed by atoms with Crippen molar-refractivity contribution in [2.75, 3.05) is 0 Å². The first-order valence-corrected chi connectivity index (χ1v) is 7.13. The monoisotopic (exact) mass is 297 g/mol. The van der Waals surface area contributed by atoms with Crippen molar-refractivity contribution in [1.82, 2.24) is 25.1 Å². The summed E-state index contributed by atoms with van der Waals surface area (Å²) in [5, 5.41) is 9.54. The summed E-state index contributed by atoms with van der Waals surface area (Å²) >= 11 is 8.91. The second-order valence-electron chi connectivity index (χ2n) is 3.68. The molecule has 1 N–H and O–H groups in total. The first-order chi connectivity index (χ1) is 8.61. The lowest BCUT2D eigenvalue weighted by Gasteiger charge is -1.98. The number of fused-ring (bicyclic) bond motifs is 1. The topological polar surface area (TPSA) is 67.3 Å². The minimum Gasteiger partial charge on any atom is -0.262 e. The SMILES string of the molecule is Cc1nc(Sc2nc(Cl)nc3sc(C)cc23)n[nH]1. The van der Waals surface area contributed by atoms with Gasteiger partial charge in [0, 0.05) is 10.3 Å². The van der Waals surface area contributed by atoms with E-state index in [1.165, 1.54) is 16.6 Å². The fraction of sp³-hybridized carbons (Fsp3) is 0.200. The third-order valence-electron chi connectivity index (χ3n) is 2.22. The number of rotatable bonds is 2. The highest BCUT2D eigenvalue weighted by Gasteiger charge is 2.13. The number of nitrogens with zero attached hydrogens (tertiary/aromatic N) is 4. The molecule has 3 heterocycles. The van der Waals surface area contributed by atoms with E-state index in [1.807, 2.05) is 13.8 Å². The fourth-order valence-electron chi connectivity index (χ4n) is 1.52. The van der Waals surface area contributed by atoms with Crippen molar-refractivity contribution in [2.45, 2.75) is 24.0 Å². The summed E-state index contributed by atoms with van der Waals surface area (Å²) < 4.78 is 0. The van der Waals surface area contributed by atoms with E-state index in [4.69, 9.17) is 11.6 Å². The number of hydrogen-bond donors (Lipinski definition) is 1. The molecule has 3 aromatic rings. The van der Waals surface area contributed by atoms with E-state index in [2.05, 4.69) is 31.2 Å². The Balaban J connectivity index is 2.10. The van der Waals surface area contributed by atoms with E-state index >= 15 is 0 Å². The van der Waals surface area contributed by atoms with Gasteiger partial charge in [-0.25, -0.2) is 15.0 Å². The quantitative estimate of drug-likeness (QED) is 0.581. The number of H-pyrrole nitrogens is 1. The van der Waals surface area contributed by atoms with Crippen LogP contribution in [0.2, 0.25) is 5.28 Å². The van der Waals surface area contributed by atoms with Gasteiger partial charge in [-0.1, -0.05) is 0 Å². The van der Waals surface area contributed by atoms with Gasteiger partial charge >= 0.3 is 0 Å². The highest BCUT2D eigenvalue weighted by Crippen LogP contribution is 2.34. The van der Waals surface area contributed by atoms with Gasteiger partial charge in [0.05, 0.1) is 0 Å². The van der Waals surface area contributed by atoms with Gasteiger partial charge in [-0.05, 0) is 43.3 Å². The molecule has 0 saturated carbocycles. The molecule has 0 aromatic carbocycles. The van der Waals surface area contributed by atoms with E-state index in [0.29, 0.717) is 5.16 Å². The van der Waals surface area contributed by atoms with Crippen molar-refractivity contribution < 1.29 is 0 Å². The molecule has 0 bridgehead atoms. The number of thiophene rings is 1. The van der Waals surface area contributed by atoms with Crippen molar-refractivity contribution in [1.29, 1.82) is 0 Å². The van der Waals surface area contributed by atoms with Crippen molar-refractivity contribution in [3.8, 4) is 0 Å². The van der Waals surface area contributed by atoms with Gasteiger partial charge in [-0.15, -0.1) is 16.4 Å². The number of nitrogens with one attached hydrogen (secondary N) is 1. The minimum atomic E-state index is 0.249. The molecule has 0 fully saturated rings. The number of aryl methyl sites for hydroxylation is 2. The van der Waals surface area contributed by atoms with Crippen LogP contribution in [0.5, 0.6) is 0 Å². The predicted molar refractivity (Wildman–Crippen MR) is 72.4 cm³/mol. The third-order valence-corrected chi connectivity index (χ3v) is 4.20. The molecule has 0 aliphatic heterocycles. The average Bonchev–Trinajstić information content (AvgIpc) is 2.84. The van der Waals surface area contributed by atoms with Crippen molar-refractivity contribution in [2.24, 2.45) is 0 Å². The Hall–Kier alpha value is -1.18. The molecular formula is C10H8ClN5S2. The largest absolute Gasteiger partial charge is 0.262 e. The normalized spacial score (nSPS) is 11.3. The number of hydrogen-bond acceptors (Lipinski definition) is 6. The molecule has 5 nitrogen and oxygen atoms in total. The van der Waals surface area contributed by atoms with Crippen molar-refractivity contribution in [3.63, 3.8) is 0 Å². The molecule has 0 saturated heterocycles. The van der Waals surface area contributed by atoms with Crippen LogP contribution >= 0.6 is 34.7 Å². The molecular weight excluding hydrogens is 290 g/mol. The zero-order chi connectivity index (χ0) is 12.7. The Labute approximate surface area is 116 Å². The second-order valence-corrected chi connectivity index (χ2v) is 6.21. The van der Waals surface area contributed by atoms with Crippen LogP contribution < -0.4 is 0 Å². The van der Waals surface area contributed by atoms with Crippen LogP contribution in [0.15, 0.2) is 16.2 Å². The van der Waals surface area contributed by atoms with Crippen LogP contribution in [0.3, 0.4) is 0 Å². The van der Waals surface area contributed by atoms with E-state index in [9.17, 15) is 0 Å². The summed E-state index contributed by atoms with van der Waals surface area (Å²) in [6.07, 6.45) is 0. The highest BCUT2D eigenvalue weighted by molar-refractivity contribution is 7.99. The van der Waals surface area contributed by atoms with Gasteiger partial charge < -0.3 is 0 Å². The van der Waals surface area contributed by atoms with Crippen LogP contribution in [-0.4, -0.2) is 25.1 Å². The number of halogens is 1. The molecule has 8 heteroatoms. The Morgan fingerprint density at radius 2 is 2.11 bits per heavy atom. The first kappa shape index (κ1) is 11.9. The van der Waals surface area contributed by atoms with E-state index in [1.54, 1.807) is 11.3 Å². The van der Waals surface area contributed by atoms with Crippen LogP contribution in [0.1, 0.15) is 10.7 Å². The molecule has 0 amide bonds. The fourth-order valence-corrected chi connectivity index (χ4v) is 3.58. The molecule has 0 aliphatic carbocycles. The molecule has 0 atom stereocenters. The Kier molecular flexibility index (Phi) is 2.96. The lowest BCUT2D eigenvalue weighted by atomic mass is 10.4. The van der Waals surface area contributed by atoms with Crippen molar-refractivity contribution >= 4 is 44.9 Å². The highest BCUT2D eigenvalue weighted by atomic mass is 35.5. The predicted octanol–water partition coefficient (Wildman–Crippen LogP) is 3.23. The third kappa shape index (κ3) is 2.21. The van der Waals surface area contributed by atoms with Crippen LogP contribution in [0.25, 0.3) is 10.2 Å². The zero-order valence-corrected chi connectivity index (χ0v) is 11.9. The summed E-state index contributed by atoms with van der Waals surface area (Å²) in [6.45, 7) is 3.89. The maximum Gasteiger partial charge on any atom is 0.224 e. The van der Waals surface area contributed by atoms with Crippen LogP contribution in [0, 0.1) is 13.8 Å². The molecule has 0 unspecified atom stereocenters. The summed E-state index contributed by atoms with van der Waals surface area (Å²) in [5.41, 5.74) is 0. The summed E-state index contributed by atoms with van der Waals surface area (Å²) in [4.78, 5) is 14.8. The Bertz CT molecular complexity index is 720. The van der Waals surface area contributed by atoms with Crippen molar-refractivity contribution in [3.05, 3.63) is 22.1 Å². The van der Waals surface area contributed by atoms with E-state index in [-0.39, 0.29) is 5.28 Å². The standard InChI is InChI=1S/C10H8ClN5S2/c1-4-3-6-7(17-4)13-9(11)14-8(6)18-10-12-5(2)15-16-10/h3H,1-2H3,(H,12,15,16). The van der Waals surface area contributed by atoms with Gasteiger partial charge in [-0.2, -0.15) is 0 Å². The molecule has 0 spiro atoms. The van der Waals surface area contributed by atoms with E-state index < -0.39 is 0 Å². The van der Waals surface area contributed by atoms with Crippen LogP contribution in [-0.2, 0) is 0 Å². The van der Waals surface area contributed by atoms with Gasteiger partial charge in [0.1, 0.15) is 15.7 Å². The Morgan fingerprint density at radius 1 is 1.28 bits per heavy atom. The molecule has 0 radical (unpaired) electrons. The maximum atomic E-state index is 5.93. The molecule has 18 heavy (non-hydrogen) atoms.